The van der Waals surface area contributed by atoms with Gasteiger partial charge in [0.25, 0.3) is 0 Å². The molecule has 1 heterocycles. The summed E-state index contributed by atoms with van der Waals surface area (Å²) >= 11 is 0. The fourth-order valence-electron chi connectivity index (χ4n) is 4.78. The lowest BCUT2D eigenvalue weighted by molar-refractivity contribution is -0.169. The van der Waals surface area contributed by atoms with E-state index in [2.05, 4.69) is 40.7 Å². The molecule has 5 heteroatoms. The Kier molecular flexibility index (Phi) is 3.94. The average molecular weight is 333 g/mol. The minimum atomic E-state index is -0.987. The van der Waals surface area contributed by atoms with Crippen LogP contribution in [-0.4, -0.2) is 24.1 Å². The van der Waals surface area contributed by atoms with Gasteiger partial charge in [0.1, 0.15) is 12.2 Å². The SMILES string of the molecule is CC(C)CC(C(=O)OC1C2CC3C1OC(=O)C3(C#N)C2)C(C)(C)C. The number of nitriles is 1. The molecule has 1 aliphatic heterocycles. The smallest absolute Gasteiger partial charge is 0.327 e. The van der Waals surface area contributed by atoms with E-state index in [9.17, 15) is 14.9 Å². The predicted molar refractivity (Wildman–Crippen MR) is 86.4 cm³/mol. The third kappa shape index (κ3) is 2.42. The van der Waals surface area contributed by atoms with Crippen LogP contribution in [0.2, 0.25) is 0 Å². The molecule has 132 valence electrons. The quantitative estimate of drug-likeness (QED) is 0.739. The van der Waals surface area contributed by atoms with Crippen LogP contribution in [0.25, 0.3) is 0 Å². The van der Waals surface area contributed by atoms with E-state index in [1.807, 2.05) is 0 Å². The molecule has 0 aromatic rings. The molecular weight excluding hydrogens is 306 g/mol. The summed E-state index contributed by atoms with van der Waals surface area (Å²) < 4.78 is 11.3. The second-order valence-corrected chi connectivity index (χ2v) is 9.21. The maximum atomic E-state index is 12.8. The molecule has 2 saturated carbocycles. The number of carbonyl (C=O) groups is 2. The Morgan fingerprint density at radius 2 is 2.12 bits per heavy atom. The van der Waals surface area contributed by atoms with E-state index < -0.39 is 17.5 Å². The van der Waals surface area contributed by atoms with Gasteiger partial charge in [0.2, 0.25) is 0 Å². The van der Waals surface area contributed by atoms with Crippen LogP contribution in [0, 0.1) is 45.8 Å². The first-order chi connectivity index (χ1) is 11.1. The highest BCUT2D eigenvalue weighted by atomic mass is 16.6. The van der Waals surface area contributed by atoms with Crippen LogP contribution in [0.4, 0.5) is 0 Å². The van der Waals surface area contributed by atoms with Crippen molar-refractivity contribution in [2.45, 2.75) is 66.1 Å². The zero-order chi connectivity index (χ0) is 17.9. The maximum Gasteiger partial charge on any atom is 0.327 e. The van der Waals surface area contributed by atoms with Gasteiger partial charge in [0, 0.05) is 11.8 Å². The van der Waals surface area contributed by atoms with Crippen molar-refractivity contribution in [1.29, 1.82) is 5.26 Å². The Balaban J connectivity index is 1.75. The number of hydrogen-bond acceptors (Lipinski definition) is 5. The molecular formula is C19H27NO4. The van der Waals surface area contributed by atoms with Crippen LogP contribution in [0.15, 0.2) is 0 Å². The number of carbonyl (C=O) groups excluding carboxylic acids is 2. The number of nitrogens with zero attached hydrogens (tertiary/aromatic N) is 1. The molecule has 3 rings (SSSR count). The maximum absolute atomic E-state index is 12.8. The van der Waals surface area contributed by atoms with E-state index >= 15 is 0 Å². The van der Waals surface area contributed by atoms with Gasteiger partial charge in [-0.05, 0) is 30.6 Å². The summed E-state index contributed by atoms with van der Waals surface area (Å²) in [6.07, 6.45) is 1.17. The van der Waals surface area contributed by atoms with E-state index in [1.165, 1.54) is 0 Å². The van der Waals surface area contributed by atoms with Crippen molar-refractivity contribution in [3.63, 3.8) is 0 Å². The molecule has 2 aliphatic carbocycles. The second-order valence-electron chi connectivity index (χ2n) is 9.21. The summed E-state index contributed by atoms with van der Waals surface area (Å²) in [4.78, 5) is 25.0. The van der Waals surface area contributed by atoms with Crippen molar-refractivity contribution in [2.75, 3.05) is 0 Å². The van der Waals surface area contributed by atoms with Crippen LogP contribution >= 0.6 is 0 Å². The Morgan fingerprint density at radius 3 is 2.67 bits per heavy atom. The third-order valence-electron chi connectivity index (χ3n) is 6.05. The molecule has 0 aromatic heterocycles. The van der Waals surface area contributed by atoms with Gasteiger partial charge in [-0.25, -0.2) is 0 Å². The lowest BCUT2D eigenvalue weighted by Gasteiger charge is -2.34. The lowest BCUT2D eigenvalue weighted by Crippen LogP contribution is -2.42. The van der Waals surface area contributed by atoms with Crippen LogP contribution in [-0.2, 0) is 19.1 Å². The van der Waals surface area contributed by atoms with Gasteiger partial charge in [-0.2, -0.15) is 5.26 Å². The molecule has 1 saturated heterocycles. The molecule has 0 spiro atoms. The molecule has 6 atom stereocenters. The van der Waals surface area contributed by atoms with Crippen molar-refractivity contribution in [3.05, 3.63) is 0 Å². The highest BCUT2D eigenvalue weighted by Crippen LogP contribution is 2.62. The fraction of sp³-hybridized carbons (Fsp3) is 0.842. The monoisotopic (exact) mass is 333 g/mol. The Hall–Kier alpha value is -1.57. The van der Waals surface area contributed by atoms with Crippen molar-refractivity contribution in [3.8, 4) is 6.07 Å². The molecule has 2 bridgehead atoms. The first kappa shape index (κ1) is 17.3. The Morgan fingerprint density at radius 1 is 1.46 bits per heavy atom. The van der Waals surface area contributed by atoms with E-state index in [0.717, 1.165) is 12.8 Å². The third-order valence-corrected chi connectivity index (χ3v) is 6.05. The molecule has 24 heavy (non-hydrogen) atoms. The van der Waals surface area contributed by atoms with Gasteiger partial charge < -0.3 is 9.47 Å². The number of hydrogen-bond donors (Lipinski definition) is 0. The van der Waals surface area contributed by atoms with Crippen LogP contribution in [0.5, 0.6) is 0 Å². The van der Waals surface area contributed by atoms with Crippen LogP contribution < -0.4 is 0 Å². The summed E-state index contributed by atoms with van der Waals surface area (Å²) in [5.74, 6) is -0.452. The van der Waals surface area contributed by atoms with E-state index in [-0.39, 0.29) is 35.2 Å². The molecule has 6 unspecified atom stereocenters. The van der Waals surface area contributed by atoms with Crippen molar-refractivity contribution < 1.29 is 19.1 Å². The summed E-state index contributed by atoms with van der Waals surface area (Å²) in [5.41, 5.74) is -1.17. The topological polar surface area (TPSA) is 76.4 Å². The summed E-state index contributed by atoms with van der Waals surface area (Å²) in [6, 6.07) is 2.18. The van der Waals surface area contributed by atoms with Gasteiger partial charge in [0.05, 0.1) is 12.0 Å². The first-order valence-corrected chi connectivity index (χ1v) is 8.93. The molecule has 0 aromatic carbocycles. The highest BCUT2D eigenvalue weighted by Gasteiger charge is 2.72. The van der Waals surface area contributed by atoms with Gasteiger partial charge in [-0.15, -0.1) is 0 Å². The minimum absolute atomic E-state index is 0.0646. The number of rotatable bonds is 4. The van der Waals surface area contributed by atoms with Crippen molar-refractivity contribution in [1.82, 2.24) is 0 Å². The minimum Gasteiger partial charge on any atom is -0.458 e. The Labute approximate surface area is 143 Å². The van der Waals surface area contributed by atoms with E-state index in [1.54, 1.807) is 0 Å². The normalized spacial score (nSPS) is 38.1. The van der Waals surface area contributed by atoms with Crippen molar-refractivity contribution in [2.24, 2.45) is 34.5 Å². The zero-order valence-electron chi connectivity index (χ0n) is 15.2. The second kappa shape index (κ2) is 5.47. The molecule has 0 N–H and O–H groups in total. The molecule has 5 nitrogen and oxygen atoms in total. The van der Waals surface area contributed by atoms with Crippen molar-refractivity contribution >= 4 is 11.9 Å². The predicted octanol–water partition coefficient (Wildman–Crippen LogP) is 3.08. The van der Waals surface area contributed by atoms with Gasteiger partial charge in [-0.1, -0.05) is 34.6 Å². The standard InChI is InChI=1S/C19H27NO4/c1-10(2)6-13(18(3,4)5)16(21)23-14-11-7-12-15(14)24-17(22)19(12,8-11)9-20/h10-15H,6-8H2,1-5H3. The zero-order valence-corrected chi connectivity index (χ0v) is 15.2. The van der Waals surface area contributed by atoms with Gasteiger partial charge in [-0.3, -0.25) is 9.59 Å². The number of fused-ring (bicyclic) bond motifs is 1. The first-order valence-electron chi connectivity index (χ1n) is 8.93. The number of esters is 2. The van der Waals surface area contributed by atoms with Crippen LogP contribution in [0.3, 0.4) is 0 Å². The van der Waals surface area contributed by atoms with E-state index in [0.29, 0.717) is 12.3 Å². The summed E-state index contributed by atoms with van der Waals surface area (Å²) in [6.45, 7) is 10.4. The van der Waals surface area contributed by atoms with Gasteiger partial charge >= 0.3 is 11.9 Å². The van der Waals surface area contributed by atoms with E-state index in [4.69, 9.17) is 9.47 Å². The average Bonchev–Trinajstić information content (AvgIpc) is 3.05. The molecule has 3 fully saturated rings. The Bertz CT molecular complexity index is 599. The van der Waals surface area contributed by atoms with Gasteiger partial charge in [0.15, 0.2) is 5.41 Å². The summed E-state index contributed by atoms with van der Waals surface area (Å²) in [5, 5.41) is 9.44. The highest BCUT2D eigenvalue weighted by molar-refractivity contribution is 5.84. The largest absolute Gasteiger partial charge is 0.458 e. The fourth-order valence-corrected chi connectivity index (χ4v) is 4.78. The molecule has 3 aliphatic rings. The number of ether oxygens (including phenoxy) is 2. The summed E-state index contributed by atoms with van der Waals surface area (Å²) in [7, 11) is 0. The van der Waals surface area contributed by atoms with Crippen LogP contribution in [0.1, 0.15) is 53.9 Å². The molecule has 0 amide bonds. The molecule has 0 radical (unpaired) electrons. The lowest BCUT2D eigenvalue weighted by atomic mass is 9.74.